The number of amides is 1. The Bertz CT molecular complexity index is 1170. The molecule has 0 radical (unpaired) electrons. The van der Waals surface area contributed by atoms with Gasteiger partial charge >= 0.3 is 11.1 Å². The van der Waals surface area contributed by atoms with Crippen LogP contribution in [0.25, 0.3) is 11.0 Å². The molecule has 3 aromatic rings. The molecule has 6 nitrogen and oxygen atoms in total. The third-order valence-electron chi connectivity index (χ3n) is 5.89. The molecule has 0 aliphatic carbocycles. The predicted molar refractivity (Wildman–Crippen MR) is 118 cm³/mol. The van der Waals surface area contributed by atoms with Gasteiger partial charge in [0.1, 0.15) is 0 Å². The van der Waals surface area contributed by atoms with Crippen molar-refractivity contribution in [2.24, 2.45) is 0 Å². The molecule has 1 fully saturated rings. The van der Waals surface area contributed by atoms with Gasteiger partial charge in [-0.3, -0.25) is 19.0 Å². The Morgan fingerprint density at radius 2 is 1.37 bits per heavy atom. The minimum Gasteiger partial charge on any atom is -0.339 e. The second-order valence-electron chi connectivity index (χ2n) is 7.83. The fourth-order valence-corrected chi connectivity index (χ4v) is 4.23. The first-order valence-electron chi connectivity index (χ1n) is 10.7. The lowest BCUT2D eigenvalue weighted by atomic mass is 10.1. The van der Waals surface area contributed by atoms with E-state index in [2.05, 4.69) is 0 Å². The number of carbonyl (C=O) groups excluding carboxylic acids is 1. The quantitative estimate of drug-likeness (QED) is 0.626. The van der Waals surface area contributed by atoms with E-state index in [-0.39, 0.29) is 12.5 Å². The van der Waals surface area contributed by atoms with E-state index < -0.39 is 11.1 Å². The highest BCUT2D eigenvalue weighted by Gasteiger charge is 2.17. The highest BCUT2D eigenvalue weighted by atomic mass is 16.2. The predicted octanol–water partition coefficient (Wildman–Crippen LogP) is 3.25. The van der Waals surface area contributed by atoms with Crippen molar-refractivity contribution < 1.29 is 4.79 Å². The lowest BCUT2D eigenvalue weighted by molar-refractivity contribution is 0.0761. The molecular formula is C24H27N3O3. The van der Waals surface area contributed by atoms with Gasteiger partial charge in [0.05, 0.1) is 17.6 Å². The summed E-state index contributed by atoms with van der Waals surface area (Å²) in [5, 5.41) is 0. The summed E-state index contributed by atoms with van der Waals surface area (Å²) in [6, 6.07) is 14.8. The second kappa shape index (κ2) is 8.69. The molecule has 1 saturated heterocycles. The van der Waals surface area contributed by atoms with Gasteiger partial charge in [-0.1, -0.05) is 37.1 Å². The standard InChI is InChI=1S/C24H27N3O3/c1-2-26-20-9-5-6-10-21(20)27(24(30)23(26)29)17-18-11-13-19(14-12-18)22(28)25-15-7-3-4-8-16-25/h5-6,9-14H,2-4,7-8,15-17H2,1H3. The van der Waals surface area contributed by atoms with Crippen LogP contribution < -0.4 is 11.1 Å². The van der Waals surface area contributed by atoms with Gasteiger partial charge in [-0.15, -0.1) is 0 Å². The van der Waals surface area contributed by atoms with Crippen molar-refractivity contribution in [1.82, 2.24) is 14.0 Å². The number of para-hydroxylation sites is 2. The number of aryl methyl sites for hydroxylation is 1. The molecule has 156 valence electrons. The Kier molecular flexibility index (Phi) is 5.84. The number of carbonyl (C=O) groups is 1. The molecule has 1 aromatic heterocycles. The molecule has 0 atom stereocenters. The van der Waals surface area contributed by atoms with Gasteiger partial charge in [0, 0.05) is 25.2 Å². The first-order valence-corrected chi connectivity index (χ1v) is 10.7. The van der Waals surface area contributed by atoms with Crippen LogP contribution >= 0.6 is 0 Å². The number of nitrogens with zero attached hydrogens (tertiary/aromatic N) is 3. The number of fused-ring (bicyclic) bond motifs is 1. The van der Waals surface area contributed by atoms with Crippen LogP contribution in [0.5, 0.6) is 0 Å². The monoisotopic (exact) mass is 405 g/mol. The molecular weight excluding hydrogens is 378 g/mol. The first-order chi connectivity index (χ1) is 14.6. The van der Waals surface area contributed by atoms with Crippen molar-refractivity contribution >= 4 is 16.9 Å². The van der Waals surface area contributed by atoms with E-state index in [1.54, 1.807) is 0 Å². The number of rotatable bonds is 4. The average Bonchev–Trinajstić information content (AvgIpc) is 3.07. The summed E-state index contributed by atoms with van der Waals surface area (Å²) in [5.74, 6) is 0.0663. The maximum atomic E-state index is 12.8. The van der Waals surface area contributed by atoms with Crippen LogP contribution in [0.3, 0.4) is 0 Å². The highest BCUT2D eigenvalue weighted by molar-refractivity contribution is 5.94. The fraction of sp³-hybridized carbons (Fsp3) is 0.375. The average molecular weight is 405 g/mol. The van der Waals surface area contributed by atoms with Gasteiger partial charge in [0.25, 0.3) is 5.91 Å². The zero-order valence-electron chi connectivity index (χ0n) is 17.3. The zero-order valence-corrected chi connectivity index (χ0v) is 17.3. The zero-order chi connectivity index (χ0) is 21.1. The Morgan fingerprint density at radius 3 is 1.97 bits per heavy atom. The summed E-state index contributed by atoms with van der Waals surface area (Å²) < 4.78 is 3.03. The van der Waals surface area contributed by atoms with Gasteiger partial charge < -0.3 is 9.47 Å². The second-order valence-corrected chi connectivity index (χ2v) is 7.83. The molecule has 0 spiro atoms. The van der Waals surface area contributed by atoms with Crippen LogP contribution in [0.4, 0.5) is 0 Å². The highest BCUT2D eigenvalue weighted by Crippen LogP contribution is 2.16. The summed E-state index contributed by atoms with van der Waals surface area (Å²) >= 11 is 0. The number of likely N-dealkylation sites (tertiary alicyclic amines) is 1. The third-order valence-corrected chi connectivity index (χ3v) is 5.89. The minimum absolute atomic E-state index is 0.0663. The molecule has 4 rings (SSSR count). The lowest BCUT2D eigenvalue weighted by Gasteiger charge is -2.20. The molecule has 30 heavy (non-hydrogen) atoms. The summed E-state index contributed by atoms with van der Waals surface area (Å²) in [7, 11) is 0. The van der Waals surface area contributed by atoms with Crippen LogP contribution in [-0.2, 0) is 13.1 Å². The topological polar surface area (TPSA) is 64.3 Å². The summed E-state index contributed by atoms with van der Waals surface area (Å²) in [4.78, 5) is 40.0. The van der Waals surface area contributed by atoms with E-state index >= 15 is 0 Å². The molecule has 2 aromatic carbocycles. The van der Waals surface area contributed by atoms with Crippen molar-refractivity contribution in [2.75, 3.05) is 13.1 Å². The molecule has 1 aliphatic heterocycles. The van der Waals surface area contributed by atoms with Crippen molar-refractivity contribution in [1.29, 1.82) is 0 Å². The molecule has 0 N–H and O–H groups in total. The number of hydrogen-bond donors (Lipinski definition) is 0. The van der Waals surface area contributed by atoms with Gasteiger partial charge in [0.15, 0.2) is 0 Å². The maximum Gasteiger partial charge on any atom is 0.317 e. The normalized spacial score (nSPS) is 14.6. The number of aromatic nitrogens is 2. The van der Waals surface area contributed by atoms with E-state index in [0.717, 1.165) is 42.5 Å². The van der Waals surface area contributed by atoms with Crippen LogP contribution in [0.1, 0.15) is 48.5 Å². The fourth-order valence-electron chi connectivity index (χ4n) is 4.23. The smallest absolute Gasteiger partial charge is 0.317 e. The van der Waals surface area contributed by atoms with Crippen LogP contribution in [-0.4, -0.2) is 33.0 Å². The summed E-state index contributed by atoms with van der Waals surface area (Å²) in [6.45, 7) is 4.23. The van der Waals surface area contributed by atoms with Crippen molar-refractivity contribution in [2.45, 2.75) is 45.7 Å². The first kappa shape index (κ1) is 20.1. The molecule has 1 amide bonds. The molecule has 0 bridgehead atoms. The Labute approximate surface area is 175 Å². The Morgan fingerprint density at radius 1 is 0.800 bits per heavy atom. The van der Waals surface area contributed by atoms with Crippen molar-refractivity contribution in [3.8, 4) is 0 Å². The van der Waals surface area contributed by atoms with Gasteiger partial charge in [0.2, 0.25) is 0 Å². The third kappa shape index (κ3) is 3.82. The van der Waals surface area contributed by atoms with Crippen LogP contribution in [0, 0.1) is 0 Å². The largest absolute Gasteiger partial charge is 0.339 e. The van der Waals surface area contributed by atoms with Gasteiger partial charge in [-0.2, -0.15) is 0 Å². The number of benzene rings is 2. The van der Waals surface area contributed by atoms with Gasteiger partial charge in [-0.25, -0.2) is 0 Å². The molecule has 1 aliphatic rings. The summed E-state index contributed by atoms with van der Waals surface area (Å²) in [5.41, 5.74) is 1.98. The lowest BCUT2D eigenvalue weighted by Crippen LogP contribution is -2.41. The van der Waals surface area contributed by atoms with Gasteiger partial charge in [-0.05, 0) is 49.6 Å². The number of hydrogen-bond acceptors (Lipinski definition) is 3. The van der Waals surface area contributed by atoms with E-state index in [0.29, 0.717) is 12.1 Å². The van der Waals surface area contributed by atoms with E-state index in [1.807, 2.05) is 60.4 Å². The van der Waals surface area contributed by atoms with E-state index in [1.165, 1.54) is 22.0 Å². The van der Waals surface area contributed by atoms with Crippen molar-refractivity contribution in [3.05, 3.63) is 80.4 Å². The van der Waals surface area contributed by atoms with E-state index in [9.17, 15) is 14.4 Å². The van der Waals surface area contributed by atoms with Crippen LogP contribution in [0.15, 0.2) is 58.1 Å². The summed E-state index contributed by atoms with van der Waals surface area (Å²) in [6.07, 6.45) is 4.48. The Hall–Kier alpha value is -3.15. The van der Waals surface area contributed by atoms with E-state index in [4.69, 9.17) is 0 Å². The SMILES string of the molecule is CCn1c(=O)c(=O)n(Cc2ccc(C(=O)N3CCCCCC3)cc2)c2ccccc21. The molecule has 2 heterocycles. The van der Waals surface area contributed by atoms with Crippen LogP contribution in [0.2, 0.25) is 0 Å². The molecule has 0 unspecified atom stereocenters. The molecule has 0 saturated carbocycles. The Balaban J connectivity index is 1.63. The maximum absolute atomic E-state index is 12.8. The minimum atomic E-state index is -0.528. The van der Waals surface area contributed by atoms with Crippen molar-refractivity contribution in [3.63, 3.8) is 0 Å². The molecule has 6 heteroatoms.